The molecular weight excluding hydrogens is 386 g/mol. The molecule has 1 N–H and O–H groups in total. The van der Waals surface area contributed by atoms with E-state index in [-0.39, 0.29) is 30.3 Å². The van der Waals surface area contributed by atoms with E-state index in [1.807, 2.05) is 23.6 Å². The molecule has 2 aliphatic rings. The molecule has 0 aliphatic carbocycles. The number of amides is 3. The van der Waals surface area contributed by atoms with E-state index in [1.54, 1.807) is 33.3 Å². The summed E-state index contributed by atoms with van der Waals surface area (Å²) in [6.07, 6.45) is 3.55. The Kier molecular flexibility index (Phi) is 5.94. The average molecular weight is 412 g/mol. The van der Waals surface area contributed by atoms with E-state index in [1.165, 1.54) is 4.88 Å². The van der Waals surface area contributed by atoms with E-state index < -0.39 is 0 Å². The van der Waals surface area contributed by atoms with Crippen molar-refractivity contribution in [3.05, 3.63) is 57.8 Å². The summed E-state index contributed by atoms with van der Waals surface area (Å²) in [5.74, 6) is -0.0223. The lowest BCUT2D eigenvalue weighted by Gasteiger charge is -2.42. The van der Waals surface area contributed by atoms with Crippen molar-refractivity contribution in [2.45, 2.75) is 38.3 Å². The topological polar surface area (TPSA) is 69.7 Å². The van der Waals surface area contributed by atoms with Crippen LogP contribution in [-0.2, 0) is 22.6 Å². The maximum absolute atomic E-state index is 12.8. The van der Waals surface area contributed by atoms with Crippen LogP contribution in [0.2, 0.25) is 0 Å². The van der Waals surface area contributed by atoms with Crippen LogP contribution in [0.15, 0.2) is 41.8 Å². The number of nitrogens with one attached hydrogen (secondary N) is 1. The SMILES string of the molecule is O=C(NCCc1cccs1)c1ccc(CN2CC(=O)N3CCCC[C@H]3C2=O)cc1. The van der Waals surface area contributed by atoms with Crippen LogP contribution in [0.4, 0.5) is 0 Å². The number of hydrogen-bond acceptors (Lipinski definition) is 4. The van der Waals surface area contributed by atoms with Gasteiger partial charge in [-0.2, -0.15) is 0 Å². The summed E-state index contributed by atoms with van der Waals surface area (Å²) < 4.78 is 0. The van der Waals surface area contributed by atoms with Crippen LogP contribution in [0.1, 0.15) is 40.1 Å². The number of carbonyl (C=O) groups is 3. The monoisotopic (exact) mass is 411 g/mol. The molecule has 2 aromatic rings. The Labute approximate surface area is 174 Å². The molecule has 6 nitrogen and oxygen atoms in total. The molecule has 7 heteroatoms. The van der Waals surface area contributed by atoms with Gasteiger partial charge in [0.1, 0.15) is 12.6 Å². The predicted octanol–water partition coefficient (Wildman–Crippen LogP) is 2.44. The Morgan fingerprint density at radius 1 is 1.14 bits per heavy atom. The normalized spacial score (nSPS) is 19.2. The maximum Gasteiger partial charge on any atom is 0.251 e. The lowest BCUT2D eigenvalue weighted by Crippen LogP contribution is -2.60. The van der Waals surface area contributed by atoms with E-state index in [4.69, 9.17) is 0 Å². The number of hydrogen-bond donors (Lipinski definition) is 1. The van der Waals surface area contributed by atoms with E-state index in [0.29, 0.717) is 25.2 Å². The summed E-state index contributed by atoms with van der Waals surface area (Å²) in [5.41, 5.74) is 1.52. The molecule has 0 saturated carbocycles. The number of benzene rings is 1. The lowest BCUT2D eigenvalue weighted by atomic mass is 9.98. The highest BCUT2D eigenvalue weighted by Gasteiger charge is 2.40. The molecule has 2 aliphatic heterocycles. The summed E-state index contributed by atoms with van der Waals surface area (Å²) in [7, 11) is 0. The number of fused-ring (bicyclic) bond motifs is 1. The molecular formula is C22H25N3O3S. The van der Waals surface area contributed by atoms with Gasteiger partial charge in [0.2, 0.25) is 11.8 Å². The highest BCUT2D eigenvalue weighted by Crippen LogP contribution is 2.24. The fourth-order valence-corrected chi connectivity index (χ4v) is 4.71. The zero-order valence-corrected chi connectivity index (χ0v) is 17.1. The molecule has 3 amide bonds. The van der Waals surface area contributed by atoms with E-state index in [0.717, 1.165) is 31.2 Å². The second-order valence-corrected chi connectivity index (χ2v) is 8.61. The first kappa shape index (κ1) is 19.6. The van der Waals surface area contributed by atoms with Crippen molar-refractivity contribution < 1.29 is 14.4 Å². The van der Waals surface area contributed by atoms with Crippen LogP contribution < -0.4 is 5.32 Å². The van der Waals surface area contributed by atoms with Crippen LogP contribution in [0.5, 0.6) is 0 Å². The molecule has 2 fully saturated rings. The van der Waals surface area contributed by atoms with E-state index in [9.17, 15) is 14.4 Å². The van der Waals surface area contributed by atoms with Crippen LogP contribution in [0, 0.1) is 0 Å². The van der Waals surface area contributed by atoms with Gasteiger partial charge < -0.3 is 15.1 Å². The van der Waals surface area contributed by atoms with Gasteiger partial charge in [0, 0.05) is 30.1 Å². The molecule has 0 radical (unpaired) electrons. The lowest BCUT2D eigenvalue weighted by molar-refractivity contribution is -0.158. The van der Waals surface area contributed by atoms with E-state index >= 15 is 0 Å². The molecule has 152 valence electrons. The van der Waals surface area contributed by atoms with Gasteiger partial charge in [0.15, 0.2) is 0 Å². The van der Waals surface area contributed by atoms with Gasteiger partial charge in [0.05, 0.1) is 0 Å². The second kappa shape index (κ2) is 8.78. The zero-order valence-electron chi connectivity index (χ0n) is 16.3. The van der Waals surface area contributed by atoms with Gasteiger partial charge in [0.25, 0.3) is 5.91 Å². The highest BCUT2D eigenvalue weighted by molar-refractivity contribution is 7.09. The predicted molar refractivity (Wildman–Crippen MR) is 112 cm³/mol. The number of thiophene rings is 1. The third-order valence-electron chi connectivity index (χ3n) is 5.57. The zero-order chi connectivity index (χ0) is 20.2. The van der Waals surface area contributed by atoms with Crippen molar-refractivity contribution in [3.8, 4) is 0 Å². The minimum absolute atomic E-state index is 0.0380. The Hall–Kier alpha value is -2.67. The Morgan fingerprint density at radius 3 is 2.72 bits per heavy atom. The molecule has 1 aromatic carbocycles. The summed E-state index contributed by atoms with van der Waals surface area (Å²) in [5, 5.41) is 4.97. The summed E-state index contributed by atoms with van der Waals surface area (Å²) in [4.78, 5) is 42.1. The maximum atomic E-state index is 12.8. The van der Waals surface area contributed by atoms with Crippen molar-refractivity contribution >= 4 is 29.1 Å². The van der Waals surface area contributed by atoms with Gasteiger partial charge in [-0.05, 0) is 54.8 Å². The molecule has 4 rings (SSSR count). The molecule has 1 atom stereocenters. The molecule has 3 heterocycles. The van der Waals surface area contributed by atoms with Gasteiger partial charge >= 0.3 is 0 Å². The summed E-state index contributed by atoms with van der Waals surface area (Å²) in [6.45, 7) is 1.83. The third kappa shape index (κ3) is 4.50. The largest absolute Gasteiger partial charge is 0.352 e. The fourth-order valence-electron chi connectivity index (χ4n) is 4.00. The smallest absolute Gasteiger partial charge is 0.251 e. The van der Waals surface area contributed by atoms with Gasteiger partial charge in [-0.1, -0.05) is 18.2 Å². The van der Waals surface area contributed by atoms with Crippen LogP contribution >= 0.6 is 11.3 Å². The standard InChI is InChI=1S/C22H25N3O3S/c26-20-15-24(22(28)19-5-1-2-12-25(19)20)14-16-6-8-17(9-7-16)21(27)23-11-10-18-4-3-13-29-18/h3-4,6-9,13,19H,1-2,5,10-12,14-15H2,(H,23,27)/t19-/m0/s1. The summed E-state index contributed by atoms with van der Waals surface area (Å²) >= 11 is 1.69. The minimum Gasteiger partial charge on any atom is -0.352 e. The quantitative estimate of drug-likeness (QED) is 0.794. The fraction of sp³-hybridized carbons (Fsp3) is 0.409. The van der Waals surface area contributed by atoms with Crippen LogP contribution in [0.25, 0.3) is 0 Å². The van der Waals surface area contributed by atoms with Gasteiger partial charge in [-0.25, -0.2) is 0 Å². The number of carbonyl (C=O) groups excluding carboxylic acids is 3. The number of nitrogens with zero attached hydrogens (tertiary/aromatic N) is 2. The molecule has 1 aromatic heterocycles. The van der Waals surface area contributed by atoms with Gasteiger partial charge in [-0.15, -0.1) is 11.3 Å². The number of piperidine rings is 1. The molecule has 0 unspecified atom stereocenters. The average Bonchev–Trinajstić information content (AvgIpc) is 3.26. The van der Waals surface area contributed by atoms with Crippen molar-refractivity contribution in [3.63, 3.8) is 0 Å². The van der Waals surface area contributed by atoms with Crippen molar-refractivity contribution in [2.75, 3.05) is 19.6 Å². The summed E-state index contributed by atoms with van der Waals surface area (Å²) in [6, 6.07) is 11.0. The first-order chi connectivity index (χ1) is 14.1. The Balaban J connectivity index is 1.32. The Bertz CT molecular complexity index is 879. The van der Waals surface area contributed by atoms with Crippen LogP contribution in [-0.4, -0.2) is 53.2 Å². The number of piperazine rings is 1. The second-order valence-electron chi connectivity index (χ2n) is 7.58. The first-order valence-corrected chi connectivity index (χ1v) is 11.0. The van der Waals surface area contributed by atoms with Crippen molar-refractivity contribution in [1.29, 1.82) is 0 Å². The van der Waals surface area contributed by atoms with Gasteiger partial charge in [-0.3, -0.25) is 14.4 Å². The highest BCUT2D eigenvalue weighted by atomic mass is 32.1. The van der Waals surface area contributed by atoms with E-state index in [2.05, 4.69) is 11.4 Å². The third-order valence-corrected chi connectivity index (χ3v) is 6.51. The van der Waals surface area contributed by atoms with Crippen molar-refractivity contribution in [1.82, 2.24) is 15.1 Å². The van der Waals surface area contributed by atoms with Crippen LogP contribution in [0.3, 0.4) is 0 Å². The Morgan fingerprint density at radius 2 is 1.97 bits per heavy atom. The first-order valence-electron chi connectivity index (χ1n) is 10.1. The minimum atomic E-state index is -0.293. The molecule has 29 heavy (non-hydrogen) atoms. The molecule has 0 bridgehead atoms. The van der Waals surface area contributed by atoms with Crippen molar-refractivity contribution in [2.24, 2.45) is 0 Å². The molecule has 0 spiro atoms. The molecule has 2 saturated heterocycles. The number of rotatable bonds is 6.